The average molecular weight is 348 g/mol. The molecular weight excluding hydrogens is 338 g/mol. The van der Waals surface area contributed by atoms with Gasteiger partial charge in [0.15, 0.2) is 11.6 Å². The molecule has 0 aliphatic rings. The van der Waals surface area contributed by atoms with Gasteiger partial charge in [-0.05, 0) is 35.9 Å². The Hall–Kier alpha value is -1.13. The lowest BCUT2D eigenvalue weighted by atomic mass is 10.2. The van der Waals surface area contributed by atoms with E-state index in [0.717, 1.165) is 5.56 Å². The molecule has 0 aromatic heterocycles. The number of ether oxygens (including phenoxy) is 1. The van der Waals surface area contributed by atoms with E-state index in [1.807, 2.05) is 0 Å². The van der Waals surface area contributed by atoms with Crippen LogP contribution in [0.25, 0.3) is 0 Å². The van der Waals surface area contributed by atoms with Crippen molar-refractivity contribution in [2.24, 2.45) is 0 Å². The van der Waals surface area contributed by atoms with E-state index in [1.54, 1.807) is 12.1 Å². The van der Waals surface area contributed by atoms with Crippen molar-refractivity contribution in [3.8, 4) is 5.75 Å². The fourth-order valence-electron chi connectivity index (χ4n) is 1.55. The zero-order valence-electron chi connectivity index (χ0n) is 9.80. The van der Waals surface area contributed by atoms with Crippen LogP contribution in [0.2, 0.25) is 5.02 Å². The maximum Gasteiger partial charge on any atom is 0.165 e. The quantitative estimate of drug-likeness (QED) is 0.700. The lowest BCUT2D eigenvalue weighted by molar-refractivity contribution is 0.289. The van der Waals surface area contributed by atoms with Crippen molar-refractivity contribution < 1.29 is 13.5 Å². The maximum atomic E-state index is 13.7. The Morgan fingerprint density at radius 3 is 2.58 bits per heavy atom. The van der Waals surface area contributed by atoms with Gasteiger partial charge in [-0.15, -0.1) is 0 Å². The Bertz CT molecular complexity index is 590. The fraction of sp³-hybridized carbons (Fsp3) is 0.143. The van der Waals surface area contributed by atoms with Crippen LogP contribution in [-0.2, 0) is 11.9 Å². The standard InChI is InChI=1S/C14H10BrClF2O/c15-7-9-1-4-14(13(18)5-9)19-8-10-6-11(17)2-3-12(10)16/h1-6H,7-8H2. The molecule has 19 heavy (non-hydrogen) atoms. The van der Waals surface area contributed by atoms with Gasteiger partial charge in [0.25, 0.3) is 0 Å². The van der Waals surface area contributed by atoms with Crippen LogP contribution in [-0.4, -0.2) is 0 Å². The molecule has 0 aliphatic heterocycles. The van der Waals surface area contributed by atoms with Crippen LogP contribution < -0.4 is 4.74 Å². The van der Waals surface area contributed by atoms with Gasteiger partial charge in [-0.25, -0.2) is 8.78 Å². The second kappa shape index (κ2) is 6.35. The normalized spacial score (nSPS) is 10.5. The van der Waals surface area contributed by atoms with E-state index in [9.17, 15) is 8.78 Å². The Labute approximate surface area is 123 Å². The van der Waals surface area contributed by atoms with Crippen LogP contribution in [0.15, 0.2) is 36.4 Å². The average Bonchev–Trinajstić information content (AvgIpc) is 2.40. The van der Waals surface area contributed by atoms with Gasteiger partial charge < -0.3 is 4.74 Å². The van der Waals surface area contributed by atoms with E-state index in [0.29, 0.717) is 15.9 Å². The predicted molar refractivity (Wildman–Crippen MR) is 74.8 cm³/mol. The summed E-state index contributed by atoms with van der Waals surface area (Å²) in [6.45, 7) is 0.0151. The largest absolute Gasteiger partial charge is 0.486 e. The molecule has 2 rings (SSSR count). The highest BCUT2D eigenvalue weighted by molar-refractivity contribution is 9.08. The Kier molecular flexibility index (Phi) is 4.77. The molecule has 0 aliphatic carbocycles. The first kappa shape index (κ1) is 14.3. The second-order valence-corrected chi connectivity index (χ2v) is 4.89. The molecule has 5 heteroatoms. The van der Waals surface area contributed by atoms with E-state index in [-0.39, 0.29) is 12.4 Å². The van der Waals surface area contributed by atoms with Crippen LogP contribution in [0.3, 0.4) is 0 Å². The summed E-state index contributed by atoms with van der Waals surface area (Å²) in [5.74, 6) is -0.743. The third-order valence-electron chi connectivity index (χ3n) is 2.54. The molecule has 0 heterocycles. The number of rotatable bonds is 4. The molecule has 0 fully saturated rings. The van der Waals surface area contributed by atoms with Crippen molar-refractivity contribution in [3.63, 3.8) is 0 Å². The molecule has 0 N–H and O–H groups in total. The first-order chi connectivity index (χ1) is 9.10. The van der Waals surface area contributed by atoms with Gasteiger partial charge >= 0.3 is 0 Å². The minimum Gasteiger partial charge on any atom is -0.486 e. The molecule has 2 aromatic carbocycles. The van der Waals surface area contributed by atoms with E-state index in [1.165, 1.54) is 24.3 Å². The second-order valence-electron chi connectivity index (χ2n) is 3.92. The van der Waals surface area contributed by atoms with Crippen LogP contribution in [0.4, 0.5) is 8.78 Å². The molecule has 0 saturated heterocycles. The SMILES string of the molecule is Fc1ccc(Cl)c(COc2ccc(CBr)cc2F)c1. The molecule has 1 nitrogen and oxygen atoms in total. The summed E-state index contributed by atoms with van der Waals surface area (Å²) in [7, 11) is 0. The molecule has 0 saturated carbocycles. The zero-order valence-corrected chi connectivity index (χ0v) is 12.1. The number of halogens is 4. The lowest BCUT2D eigenvalue weighted by Gasteiger charge is -2.09. The summed E-state index contributed by atoms with van der Waals surface area (Å²) in [6, 6.07) is 8.65. The molecule has 0 bridgehead atoms. The smallest absolute Gasteiger partial charge is 0.165 e. The van der Waals surface area contributed by atoms with Crippen molar-refractivity contribution in [1.82, 2.24) is 0 Å². The lowest BCUT2D eigenvalue weighted by Crippen LogP contribution is -1.99. The van der Waals surface area contributed by atoms with Crippen molar-refractivity contribution >= 4 is 27.5 Å². The topological polar surface area (TPSA) is 9.23 Å². The molecule has 0 radical (unpaired) electrons. The third-order valence-corrected chi connectivity index (χ3v) is 3.56. The highest BCUT2D eigenvalue weighted by atomic mass is 79.9. The van der Waals surface area contributed by atoms with E-state index < -0.39 is 11.6 Å². The van der Waals surface area contributed by atoms with Crippen LogP contribution in [0.1, 0.15) is 11.1 Å². The summed E-state index contributed by atoms with van der Waals surface area (Å²) in [4.78, 5) is 0. The van der Waals surface area contributed by atoms with Crippen molar-refractivity contribution in [2.75, 3.05) is 0 Å². The summed E-state index contributed by atoms with van der Waals surface area (Å²) < 4.78 is 32.0. The minimum absolute atomic E-state index is 0.0151. The van der Waals surface area contributed by atoms with Crippen LogP contribution >= 0.6 is 27.5 Å². The monoisotopic (exact) mass is 346 g/mol. The highest BCUT2D eigenvalue weighted by Crippen LogP contribution is 2.23. The molecule has 0 amide bonds. The van der Waals surface area contributed by atoms with Gasteiger partial charge in [0.05, 0.1) is 0 Å². The van der Waals surface area contributed by atoms with E-state index in [4.69, 9.17) is 16.3 Å². The maximum absolute atomic E-state index is 13.7. The van der Waals surface area contributed by atoms with E-state index >= 15 is 0 Å². The third kappa shape index (κ3) is 3.67. The Balaban J connectivity index is 2.12. The summed E-state index contributed by atoms with van der Waals surface area (Å²) >= 11 is 9.15. The van der Waals surface area contributed by atoms with Gasteiger partial charge in [0.2, 0.25) is 0 Å². The number of benzene rings is 2. The molecule has 0 unspecified atom stereocenters. The first-order valence-electron chi connectivity index (χ1n) is 5.51. The summed E-state index contributed by atoms with van der Waals surface area (Å²) in [5, 5.41) is 0.957. The summed E-state index contributed by atoms with van der Waals surface area (Å²) in [5.41, 5.74) is 1.29. The van der Waals surface area contributed by atoms with E-state index in [2.05, 4.69) is 15.9 Å². The van der Waals surface area contributed by atoms with Crippen molar-refractivity contribution in [2.45, 2.75) is 11.9 Å². The molecule has 100 valence electrons. The molecular formula is C14H10BrClF2O. The molecule has 0 spiro atoms. The summed E-state index contributed by atoms with van der Waals surface area (Å²) in [6.07, 6.45) is 0. The Morgan fingerprint density at radius 1 is 1.11 bits per heavy atom. The number of alkyl halides is 1. The fourth-order valence-corrected chi connectivity index (χ4v) is 2.07. The van der Waals surface area contributed by atoms with Gasteiger partial charge in [-0.1, -0.05) is 33.6 Å². The Morgan fingerprint density at radius 2 is 1.89 bits per heavy atom. The predicted octanol–water partition coefficient (Wildman–Crippen LogP) is 5.09. The first-order valence-corrected chi connectivity index (χ1v) is 7.01. The van der Waals surface area contributed by atoms with Crippen LogP contribution in [0, 0.1) is 11.6 Å². The van der Waals surface area contributed by atoms with Crippen molar-refractivity contribution in [1.29, 1.82) is 0 Å². The zero-order chi connectivity index (χ0) is 13.8. The van der Waals surface area contributed by atoms with Crippen LogP contribution in [0.5, 0.6) is 5.75 Å². The molecule has 0 atom stereocenters. The molecule has 2 aromatic rings. The van der Waals surface area contributed by atoms with Crippen molar-refractivity contribution in [3.05, 3.63) is 64.2 Å². The van der Waals surface area contributed by atoms with Gasteiger partial charge in [-0.3, -0.25) is 0 Å². The minimum atomic E-state index is -0.454. The highest BCUT2D eigenvalue weighted by Gasteiger charge is 2.07. The number of hydrogen-bond donors (Lipinski definition) is 0. The van der Waals surface area contributed by atoms with Gasteiger partial charge in [0, 0.05) is 15.9 Å². The van der Waals surface area contributed by atoms with Gasteiger partial charge in [-0.2, -0.15) is 0 Å². The number of hydrogen-bond acceptors (Lipinski definition) is 1. The van der Waals surface area contributed by atoms with Gasteiger partial charge in [0.1, 0.15) is 12.4 Å².